The SMILES string of the molecule is O=Cc1nc(Cc2ccccc2)n(-c2ccc(S(=O)[O-])cc2F)n1. The Morgan fingerprint density at radius 1 is 1.21 bits per heavy atom. The van der Waals surface area contributed by atoms with Crippen molar-refractivity contribution in [1.82, 2.24) is 14.8 Å². The topological polar surface area (TPSA) is 87.9 Å². The van der Waals surface area contributed by atoms with Gasteiger partial charge in [0.1, 0.15) is 17.3 Å². The predicted molar refractivity (Wildman–Crippen MR) is 83.1 cm³/mol. The van der Waals surface area contributed by atoms with Gasteiger partial charge >= 0.3 is 0 Å². The molecule has 3 rings (SSSR count). The molecule has 0 bridgehead atoms. The molecule has 0 saturated heterocycles. The van der Waals surface area contributed by atoms with Crippen LogP contribution in [0.2, 0.25) is 0 Å². The van der Waals surface area contributed by atoms with Gasteiger partial charge in [-0.15, -0.1) is 5.10 Å². The molecule has 6 nitrogen and oxygen atoms in total. The lowest BCUT2D eigenvalue weighted by Gasteiger charge is -2.10. The van der Waals surface area contributed by atoms with E-state index < -0.39 is 16.9 Å². The van der Waals surface area contributed by atoms with Crippen molar-refractivity contribution < 1.29 is 17.9 Å². The van der Waals surface area contributed by atoms with Gasteiger partial charge in [0.2, 0.25) is 5.82 Å². The molecule has 1 atom stereocenters. The second-order valence-corrected chi connectivity index (χ2v) is 5.87. The Balaban J connectivity index is 2.06. The number of carbonyl (C=O) groups excluding carboxylic acids is 1. The number of nitrogens with zero attached hydrogens (tertiary/aromatic N) is 3. The molecular weight excluding hydrogens is 333 g/mol. The maximum absolute atomic E-state index is 14.3. The van der Waals surface area contributed by atoms with Gasteiger partial charge in [0.25, 0.3) is 0 Å². The summed E-state index contributed by atoms with van der Waals surface area (Å²) in [7, 11) is 0. The number of aromatic nitrogens is 3. The van der Waals surface area contributed by atoms with E-state index in [9.17, 15) is 17.9 Å². The van der Waals surface area contributed by atoms with Gasteiger partial charge in [0.15, 0.2) is 6.29 Å². The van der Waals surface area contributed by atoms with Crippen molar-refractivity contribution >= 4 is 17.4 Å². The van der Waals surface area contributed by atoms with E-state index in [-0.39, 0.29) is 16.4 Å². The van der Waals surface area contributed by atoms with Crippen LogP contribution in [0.15, 0.2) is 53.4 Å². The summed E-state index contributed by atoms with van der Waals surface area (Å²) in [5.74, 6) is -0.469. The van der Waals surface area contributed by atoms with Crippen molar-refractivity contribution in [1.29, 1.82) is 0 Å². The van der Waals surface area contributed by atoms with Gasteiger partial charge < -0.3 is 4.55 Å². The average Bonchev–Trinajstić information content (AvgIpc) is 2.98. The molecule has 0 N–H and O–H groups in total. The van der Waals surface area contributed by atoms with Crippen LogP contribution >= 0.6 is 0 Å². The summed E-state index contributed by atoms with van der Waals surface area (Å²) in [6, 6.07) is 12.8. The van der Waals surface area contributed by atoms with Crippen LogP contribution in [-0.4, -0.2) is 29.8 Å². The lowest BCUT2D eigenvalue weighted by molar-refractivity contribution is 0.111. The lowest BCUT2D eigenvalue weighted by atomic mass is 10.1. The average molecular weight is 344 g/mol. The molecule has 0 saturated carbocycles. The van der Waals surface area contributed by atoms with E-state index in [0.717, 1.165) is 11.6 Å². The second-order valence-electron chi connectivity index (χ2n) is 4.93. The summed E-state index contributed by atoms with van der Waals surface area (Å²) in [5, 5.41) is 3.97. The Labute approximate surface area is 139 Å². The minimum absolute atomic E-state index is 0.0238. The first kappa shape index (κ1) is 16.2. The summed E-state index contributed by atoms with van der Waals surface area (Å²) < 4.78 is 37.3. The Morgan fingerprint density at radius 3 is 2.58 bits per heavy atom. The van der Waals surface area contributed by atoms with Crippen molar-refractivity contribution in [3.05, 3.63) is 71.6 Å². The zero-order chi connectivity index (χ0) is 17.1. The van der Waals surface area contributed by atoms with E-state index in [0.29, 0.717) is 18.5 Å². The predicted octanol–water partition coefficient (Wildman–Crippen LogP) is 2.05. The Kier molecular flexibility index (Phi) is 4.59. The molecule has 0 spiro atoms. The molecule has 24 heavy (non-hydrogen) atoms. The molecule has 0 aliphatic rings. The largest absolute Gasteiger partial charge is 0.768 e. The van der Waals surface area contributed by atoms with Gasteiger partial charge in [-0.25, -0.2) is 14.1 Å². The third-order valence-electron chi connectivity index (χ3n) is 3.34. The molecule has 8 heteroatoms. The molecule has 0 aliphatic carbocycles. The van der Waals surface area contributed by atoms with Crippen LogP contribution < -0.4 is 0 Å². The zero-order valence-electron chi connectivity index (χ0n) is 12.3. The summed E-state index contributed by atoms with van der Waals surface area (Å²) in [4.78, 5) is 14.9. The fraction of sp³-hybridized carbons (Fsp3) is 0.0625. The molecule has 1 unspecified atom stereocenters. The van der Waals surface area contributed by atoms with Crippen LogP contribution in [-0.2, 0) is 17.5 Å². The standard InChI is InChI=1S/C16H12FN3O3S/c17-13-9-12(24(22)23)6-7-14(13)20-16(18-15(10-21)19-20)8-11-4-2-1-3-5-11/h1-7,9-10H,8H2,(H,22,23)/p-1. The molecular formula is C16H11FN3O3S-. The minimum atomic E-state index is -2.53. The summed E-state index contributed by atoms with van der Waals surface area (Å²) in [6.45, 7) is 0. The fourth-order valence-electron chi connectivity index (χ4n) is 2.26. The molecule has 122 valence electrons. The normalized spacial score (nSPS) is 12.1. The van der Waals surface area contributed by atoms with Crippen LogP contribution in [0.5, 0.6) is 0 Å². The van der Waals surface area contributed by atoms with Crippen LogP contribution in [0.1, 0.15) is 22.0 Å². The Bertz CT molecular complexity index is 912. The molecule has 0 fully saturated rings. The molecule has 2 aromatic carbocycles. The number of halogens is 1. The van der Waals surface area contributed by atoms with Crippen LogP contribution in [0.4, 0.5) is 4.39 Å². The van der Waals surface area contributed by atoms with E-state index >= 15 is 0 Å². The molecule has 0 aliphatic heterocycles. The molecule has 3 aromatic rings. The Hall–Kier alpha value is -2.71. The summed E-state index contributed by atoms with van der Waals surface area (Å²) >= 11 is -2.53. The van der Waals surface area contributed by atoms with Crippen molar-refractivity contribution in [2.45, 2.75) is 11.3 Å². The van der Waals surface area contributed by atoms with E-state index in [2.05, 4.69) is 10.1 Å². The maximum Gasteiger partial charge on any atom is 0.214 e. The van der Waals surface area contributed by atoms with Crippen molar-refractivity contribution in [2.75, 3.05) is 0 Å². The molecule has 1 aromatic heterocycles. The van der Waals surface area contributed by atoms with Crippen LogP contribution in [0.3, 0.4) is 0 Å². The maximum atomic E-state index is 14.3. The molecule has 0 amide bonds. The number of aldehydes is 1. The van der Waals surface area contributed by atoms with Gasteiger partial charge in [-0.2, -0.15) is 0 Å². The fourth-order valence-corrected chi connectivity index (χ4v) is 2.64. The number of rotatable bonds is 5. The third kappa shape index (κ3) is 3.29. The monoisotopic (exact) mass is 344 g/mol. The third-order valence-corrected chi connectivity index (χ3v) is 3.98. The minimum Gasteiger partial charge on any atom is -0.768 e. The van der Waals surface area contributed by atoms with Gasteiger partial charge in [-0.1, -0.05) is 30.3 Å². The Morgan fingerprint density at radius 2 is 1.96 bits per heavy atom. The van der Waals surface area contributed by atoms with E-state index in [1.807, 2.05) is 30.3 Å². The van der Waals surface area contributed by atoms with Crippen LogP contribution in [0.25, 0.3) is 5.69 Å². The van der Waals surface area contributed by atoms with E-state index in [1.54, 1.807) is 0 Å². The summed E-state index contributed by atoms with van der Waals surface area (Å²) in [5.41, 5.74) is 0.942. The highest BCUT2D eigenvalue weighted by Crippen LogP contribution is 2.19. The first-order valence-corrected chi connectivity index (χ1v) is 8.00. The highest BCUT2D eigenvalue weighted by molar-refractivity contribution is 7.79. The van der Waals surface area contributed by atoms with Crippen molar-refractivity contribution in [3.63, 3.8) is 0 Å². The zero-order valence-corrected chi connectivity index (χ0v) is 13.1. The number of hydrogen-bond acceptors (Lipinski definition) is 5. The van der Waals surface area contributed by atoms with Gasteiger partial charge in [-0.3, -0.25) is 9.00 Å². The summed E-state index contributed by atoms with van der Waals surface area (Å²) in [6.07, 6.45) is 0.820. The number of carbonyl (C=O) groups is 1. The lowest BCUT2D eigenvalue weighted by Crippen LogP contribution is -2.07. The van der Waals surface area contributed by atoms with Gasteiger partial charge in [-0.05, 0) is 34.8 Å². The second kappa shape index (κ2) is 6.81. The molecule has 0 radical (unpaired) electrons. The molecule has 1 heterocycles. The smallest absolute Gasteiger partial charge is 0.214 e. The van der Waals surface area contributed by atoms with E-state index in [4.69, 9.17) is 0 Å². The number of hydrogen-bond donors (Lipinski definition) is 0. The van der Waals surface area contributed by atoms with Crippen molar-refractivity contribution in [2.24, 2.45) is 0 Å². The first-order chi connectivity index (χ1) is 11.6. The van der Waals surface area contributed by atoms with Gasteiger partial charge in [0.05, 0.1) is 0 Å². The van der Waals surface area contributed by atoms with Crippen LogP contribution in [0, 0.1) is 5.82 Å². The highest BCUT2D eigenvalue weighted by atomic mass is 32.2. The van der Waals surface area contributed by atoms with Crippen molar-refractivity contribution in [3.8, 4) is 5.69 Å². The highest BCUT2D eigenvalue weighted by Gasteiger charge is 2.15. The van der Waals surface area contributed by atoms with Gasteiger partial charge in [0, 0.05) is 11.3 Å². The first-order valence-electron chi connectivity index (χ1n) is 6.92. The number of benzene rings is 2. The van der Waals surface area contributed by atoms with E-state index in [1.165, 1.54) is 16.8 Å². The quantitative estimate of drug-likeness (QED) is 0.522.